The topological polar surface area (TPSA) is 83.0 Å². The Hall–Kier alpha value is -2.87. The van der Waals surface area contributed by atoms with Gasteiger partial charge in [0.05, 0.1) is 5.56 Å². The summed E-state index contributed by atoms with van der Waals surface area (Å²) in [5, 5.41) is 9.47. The lowest BCUT2D eigenvalue weighted by Crippen LogP contribution is -2.23. The van der Waals surface area contributed by atoms with Crippen LogP contribution in [0.4, 0.5) is 5.82 Å². The molecule has 0 unspecified atom stereocenters. The second kappa shape index (κ2) is 6.94. The number of rotatable bonds is 4. The van der Waals surface area contributed by atoms with Gasteiger partial charge in [-0.05, 0) is 61.9 Å². The standard InChI is InChI=1S/C20H22N4O/c1-13-8-14(2)23-20(18(13)11-21)24-7-6-16(12-24)9-15-4-3-5-17(10-15)19(22)25/h3-5,8,10,16H,6-7,9,12H2,1-2H3,(H2,22,25)/t16-/m0/s1. The number of nitrogens with zero attached hydrogens (tertiary/aromatic N) is 3. The van der Waals surface area contributed by atoms with Gasteiger partial charge < -0.3 is 10.6 Å². The summed E-state index contributed by atoms with van der Waals surface area (Å²) in [5.41, 5.74) is 9.61. The molecule has 2 aromatic rings. The predicted molar refractivity (Wildman–Crippen MR) is 97.4 cm³/mol. The van der Waals surface area contributed by atoms with E-state index in [-0.39, 0.29) is 0 Å². The van der Waals surface area contributed by atoms with Gasteiger partial charge in [0.1, 0.15) is 11.9 Å². The summed E-state index contributed by atoms with van der Waals surface area (Å²) in [5.74, 6) is 0.874. The average molecular weight is 334 g/mol. The van der Waals surface area contributed by atoms with Crippen LogP contribution in [0.1, 0.15) is 39.2 Å². The highest BCUT2D eigenvalue weighted by molar-refractivity contribution is 5.92. The van der Waals surface area contributed by atoms with E-state index in [1.54, 1.807) is 6.07 Å². The first-order chi connectivity index (χ1) is 12.0. The van der Waals surface area contributed by atoms with E-state index in [1.165, 1.54) is 0 Å². The molecule has 0 spiro atoms. The maximum atomic E-state index is 11.3. The second-order valence-corrected chi connectivity index (χ2v) is 6.76. The molecule has 5 nitrogen and oxygen atoms in total. The van der Waals surface area contributed by atoms with Crippen molar-refractivity contribution < 1.29 is 4.79 Å². The normalized spacial score (nSPS) is 16.7. The Balaban J connectivity index is 1.76. The minimum absolute atomic E-state index is 0.395. The molecule has 1 aliphatic heterocycles. The lowest BCUT2D eigenvalue weighted by molar-refractivity contribution is 0.1000. The number of primary amides is 1. The van der Waals surface area contributed by atoms with Gasteiger partial charge in [0.25, 0.3) is 0 Å². The Kier molecular flexibility index (Phi) is 4.71. The molecule has 1 aromatic carbocycles. The van der Waals surface area contributed by atoms with Gasteiger partial charge >= 0.3 is 0 Å². The summed E-state index contributed by atoms with van der Waals surface area (Å²) in [6, 6.07) is 11.8. The number of anilines is 1. The molecule has 2 heterocycles. The van der Waals surface area contributed by atoms with Crippen molar-refractivity contribution in [2.75, 3.05) is 18.0 Å². The molecule has 1 atom stereocenters. The lowest BCUT2D eigenvalue weighted by atomic mass is 9.97. The summed E-state index contributed by atoms with van der Waals surface area (Å²) < 4.78 is 0. The molecular weight excluding hydrogens is 312 g/mol. The number of carbonyl (C=O) groups excluding carboxylic acids is 1. The van der Waals surface area contributed by atoms with Crippen LogP contribution < -0.4 is 10.6 Å². The third-order valence-corrected chi connectivity index (χ3v) is 4.76. The van der Waals surface area contributed by atoms with Crippen molar-refractivity contribution in [3.8, 4) is 6.07 Å². The van der Waals surface area contributed by atoms with Crippen molar-refractivity contribution in [1.29, 1.82) is 5.26 Å². The maximum Gasteiger partial charge on any atom is 0.248 e. The van der Waals surface area contributed by atoms with Crippen LogP contribution in [0.15, 0.2) is 30.3 Å². The van der Waals surface area contributed by atoms with Crippen LogP contribution >= 0.6 is 0 Å². The van der Waals surface area contributed by atoms with Crippen LogP contribution in [0.3, 0.4) is 0 Å². The van der Waals surface area contributed by atoms with E-state index in [0.717, 1.165) is 48.6 Å². The fourth-order valence-corrected chi connectivity index (χ4v) is 3.56. The zero-order valence-electron chi connectivity index (χ0n) is 14.6. The molecule has 1 amide bonds. The minimum atomic E-state index is -0.395. The highest BCUT2D eigenvalue weighted by Crippen LogP contribution is 2.29. The van der Waals surface area contributed by atoms with Crippen molar-refractivity contribution in [2.45, 2.75) is 26.7 Å². The quantitative estimate of drug-likeness (QED) is 0.932. The number of carbonyl (C=O) groups is 1. The average Bonchev–Trinajstić information content (AvgIpc) is 3.02. The fourth-order valence-electron chi connectivity index (χ4n) is 3.56. The highest BCUT2D eigenvalue weighted by atomic mass is 16.1. The zero-order valence-corrected chi connectivity index (χ0v) is 14.6. The van der Waals surface area contributed by atoms with Gasteiger partial charge in [0.15, 0.2) is 0 Å². The van der Waals surface area contributed by atoms with E-state index in [0.29, 0.717) is 17.0 Å². The molecule has 1 aromatic heterocycles. The summed E-state index contributed by atoms with van der Waals surface area (Å²) in [4.78, 5) is 18.2. The molecule has 0 saturated carbocycles. The number of nitrogens with two attached hydrogens (primary N) is 1. The highest BCUT2D eigenvalue weighted by Gasteiger charge is 2.26. The predicted octanol–water partition coefficient (Wildman–Crippen LogP) is 2.74. The van der Waals surface area contributed by atoms with E-state index in [1.807, 2.05) is 38.1 Å². The van der Waals surface area contributed by atoms with Crippen molar-refractivity contribution in [3.63, 3.8) is 0 Å². The van der Waals surface area contributed by atoms with Crippen LogP contribution in [0.2, 0.25) is 0 Å². The number of pyridine rings is 1. The number of aromatic nitrogens is 1. The molecule has 2 N–H and O–H groups in total. The molecule has 0 radical (unpaired) electrons. The molecule has 25 heavy (non-hydrogen) atoms. The van der Waals surface area contributed by atoms with Gasteiger partial charge in [-0.1, -0.05) is 12.1 Å². The van der Waals surface area contributed by atoms with E-state index in [9.17, 15) is 10.1 Å². The molecule has 3 rings (SSSR count). The SMILES string of the molecule is Cc1cc(C)c(C#N)c(N2CC[C@@H](Cc3cccc(C(N)=O)c3)C2)n1. The second-order valence-electron chi connectivity index (χ2n) is 6.76. The monoisotopic (exact) mass is 334 g/mol. The fraction of sp³-hybridized carbons (Fsp3) is 0.350. The molecule has 1 fully saturated rings. The van der Waals surface area contributed by atoms with Gasteiger partial charge in [-0.25, -0.2) is 4.98 Å². The Bertz CT molecular complexity index is 853. The van der Waals surface area contributed by atoms with Gasteiger partial charge in [-0.2, -0.15) is 5.26 Å². The van der Waals surface area contributed by atoms with Crippen LogP contribution in [0.5, 0.6) is 0 Å². The number of hydrogen-bond donors (Lipinski definition) is 1. The van der Waals surface area contributed by atoms with Gasteiger partial charge in [0.2, 0.25) is 5.91 Å². The molecule has 128 valence electrons. The molecule has 5 heteroatoms. The first-order valence-electron chi connectivity index (χ1n) is 8.50. The zero-order chi connectivity index (χ0) is 18.0. The number of nitriles is 1. The van der Waals surface area contributed by atoms with Crippen molar-refractivity contribution >= 4 is 11.7 Å². The van der Waals surface area contributed by atoms with E-state index in [4.69, 9.17) is 5.73 Å². The molecule has 0 bridgehead atoms. The van der Waals surface area contributed by atoms with Crippen LogP contribution in [0.25, 0.3) is 0 Å². The van der Waals surface area contributed by atoms with Crippen molar-refractivity contribution in [3.05, 3.63) is 58.3 Å². The molecule has 1 aliphatic rings. The van der Waals surface area contributed by atoms with Gasteiger partial charge in [-0.3, -0.25) is 4.79 Å². The van der Waals surface area contributed by atoms with E-state index >= 15 is 0 Å². The summed E-state index contributed by atoms with van der Waals surface area (Å²) in [7, 11) is 0. The summed E-state index contributed by atoms with van der Waals surface area (Å²) in [6.45, 7) is 5.68. The number of hydrogen-bond acceptors (Lipinski definition) is 4. The van der Waals surface area contributed by atoms with Gasteiger partial charge in [0, 0.05) is 24.3 Å². The Labute approximate surface area is 148 Å². The third kappa shape index (κ3) is 3.63. The number of amides is 1. The Morgan fingerprint density at radius 2 is 2.20 bits per heavy atom. The van der Waals surface area contributed by atoms with Crippen LogP contribution in [0, 0.1) is 31.1 Å². The molecule has 0 aliphatic carbocycles. The lowest BCUT2D eigenvalue weighted by Gasteiger charge is -2.20. The summed E-state index contributed by atoms with van der Waals surface area (Å²) in [6.07, 6.45) is 1.94. The van der Waals surface area contributed by atoms with Crippen LogP contribution in [-0.2, 0) is 6.42 Å². The first kappa shape index (κ1) is 17.0. The van der Waals surface area contributed by atoms with Crippen LogP contribution in [-0.4, -0.2) is 24.0 Å². The van der Waals surface area contributed by atoms with Crippen molar-refractivity contribution in [1.82, 2.24) is 4.98 Å². The number of aryl methyl sites for hydroxylation is 2. The summed E-state index contributed by atoms with van der Waals surface area (Å²) >= 11 is 0. The van der Waals surface area contributed by atoms with Crippen molar-refractivity contribution in [2.24, 2.45) is 11.7 Å². The van der Waals surface area contributed by atoms with E-state index in [2.05, 4.69) is 16.0 Å². The number of benzene rings is 1. The smallest absolute Gasteiger partial charge is 0.248 e. The Morgan fingerprint density at radius 1 is 1.40 bits per heavy atom. The Morgan fingerprint density at radius 3 is 2.92 bits per heavy atom. The largest absolute Gasteiger partial charge is 0.366 e. The molecular formula is C20H22N4O. The third-order valence-electron chi connectivity index (χ3n) is 4.76. The first-order valence-corrected chi connectivity index (χ1v) is 8.50. The molecule has 1 saturated heterocycles. The maximum absolute atomic E-state index is 11.3. The van der Waals surface area contributed by atoms with E-state index < -0.39 is 5.91 Å². The minimum Gasteiger partial charge on any atom is -0.366 e. The van der Waals surface area contributed by atoms with Gasteiger partial charge in [-0.15, -0.1) is 0 Å².